The van der Waals surface area contributed by atoms with Gasteiger partial charge in [0.15, 0.2) is 5.30 Å². The summed E-state index contributed by atoms with van der Waals surface area (Å²) < 4.78 is 11.9. The first-order valence-corrected chi connectivity index (χ1v) is 8.67. The Morgan fingerprint density at radius 2 is 1.10 bits per heavy atom. The number of hydrogen-bond acceptors (Lipinski definition) is 2. The maximum absolute atomic E-state index is 11.9. The third-order valence-electron chi connectivity index (χ3n) is 3.77. The lowest BCUT2D eigenvalue weighted by Gasteiger charge is -2.30. The second-order valence-electron chi connectivity index (χ2n) is 8.93. The van der Waals surface area contributed by atoms with Gasteiger partial charge in [-0.25, -0.2) is 0 Å². The molecular formula is C18H29O2P. The van der Waals surface area contributed by atoms with E-state index in [2.05, 4.69) is 74.4 Å². The minimum atomic E-state index is -2.61. The van der Waals surface area contributed by atoms with Crippen LogP contribution in [0.3, 0.4) is 0 Å². The summed E-state index contributed by atoms with van der Waals surface area (Å²) in [4.78, 5) is 11.9. The van der Waals surface area contributed by atoms with Crippen molar-refractivity contribution in [3.8, 4) is 0 Å². The molecule has 2 nitrogen and oxygen atoms in total. The van der Waals surface area contributed by atoms with Crippen molar-refractivity contribution in [2.24, 2.45) is 0 Å². The van der Waals surface area contributed by atoms with Crippen molar-refractivity contribution in [3.63, 3.8) is 0 Å². The van der Waals surface area contributed by atoms with Crippen molar-refractivity contribution in [2.75, 3.05) is 0 Å². The smallest absolute Gasteiger partial charge is 0.349 e. The Labute approximate surface area is 130 Å². The standard InChI is InChI=1S/C18H29O2P/c1-16(2,3)12-10-13(17(4,5)6)15(21(19)20)14(11-12)18(7,8)9/h10-11H,1-9H3. The van der Waals surface area contributed by atoms with Gasteiger partial charge in [0.25, 0.3) is 0 Å². The molecular weight excluding hydrogens is 279 g/mol. The van der Waals surface area contributed by atoms with Crippen molar-refractivity contribution in [1.82, 2.24) is 0 Å². The van der Waals surface area contributed by atoms with E-state index in [1.165, 1.54) is 5.56 Å². The topological polar surface area (TPSA) is 40.1 Å². The highest BCUT2D eigenvalue weighted by atomic mass is 31.1. The average Bonchev–Trinajstić information content (AvgIpc) is 2.23. The molecule has 118 valence electrons. The van der Waals surface area contributed by atoms with Crippen LogP contribution in [0, 0.1) is 0 Å². The average molecular weight is 308 g/mol. The highest BCUT2D eigenvalue weighted by molar-refractivity contribution is 7.46. The molecule has 0 radical (unpaired) electrons. The van der Waals surface area contributed by atoms with E-state index in [1.54, 1.807) is 0 Å². The molecule has 0 heterocycles. The summed E-state index contributed by atoms with van der Waals surface area (Å²) in [6.45, 7) is 18.9. The maximum Gasteiger partial charge on any atom is 0.349 e. The van der Waals surface area contributed by atoms with E-state index in [0.29, 0.717) is 5.30 Å². The van der Waals surface area contributed by atoms with E-state index in [9.17, 15) is 9.46 Å². The molecule has 0 aliphatic carbocycles. The van der Waals surface area contributed by atoms with Crippen LogP contribution in [0.4, 0.5) is 0 Å². The molecule has 1 rings (SSSR count). The summed E-state index contributed by atoms with van der Waals surface area (Å²) in [6.07, 6.45) is 0. The SMILES string of the molecule is CC(C)(C)c1cc(C(C)(C)C)c([P+](=O)[O-])c(C(C)(C)C)c1. The van der Waals surface area contributed by atoms with Crippen LogP contribution in [0.2, 0.25) is 0 Å². The van der Waals surface area contributed by atoms with E-state index in [0.717, 1.165) is 11.1 Å². The molecule has 1 unspecified atom stereocenters. The monoisotopic (exact) mass is 308 g/mol. The number of benzene rings is 1. The second-order valence-corrected chi connectivity index (χ2v) is 9.89. The Morgan fingerprint density at radius 1 is 0.762 bits per heavy atom. The zero-order valence-corrected chi connectivity index (χ0v) is 15.8. The molecule has 0 fully saturated rings. The van der Waals surface area contributed by atoms with Gasteiger partial charge in [-0.05, 0) is 21.8 Å². The van der Waals surface area contributed by atoms with E-state index in [-0.39, 0.29) is 16.2 Å². The van der Waals surface area contributed by atoms with Crippen LogP contribution in [-0.2, 0) is 20.8 Å². The fourth-order valence-corrected chi connectivity index (χ4v) is 3.60. The zero-order valence-electron chi connectivity index (χ0n) is 14.9. The minimum Gasteiger partial charge on any atom is -0.591 e. The van der Waals surface area contributed by atoms with Gasteiger partial charge < -0.3 is 4.89 Å². The third kappa shape index (κ3) is 4.14. The van der Waals surface area contributed by atoms with Crippen LogP contribution in [-0.4, -0.2) is 0 Å². The lowest BCUT2D eigenvalue weighted by molar-refractivity contribution is -0.160. The number of rotatable bonds is 1. The molecule has 0 aliphatic heterocycles. The van der Waals surface area contributed by atoms with E-state index in [4.69, 9.17) is 0 Å². The summed E-state index contributed by atoms with van der Waals surface area (Å²) in [5, 5.41) is 0.512. The Kier molecular flexibility index (Phi) is 4.79. The van der Waals surface area contributed by atoms with Crippen molar-refractivity contribution < 1.29 is 9.46 Å². The van der Waals surface area contributed by atoms with Gasteiger partial charge in [0.05, 0.1) is 0 Å². The lowest BCUT2D eigenvalue weighted by atomic mass is 9.75. The highest BCUT2D eigenvalue weighted by Gasteiger charge is 2.34. The Hall–Kier alpha value is -0.720. The van der Waals surface area contributed by atoms with E-state index in [1.807, 2.05) is 0 Å². The molecule has 0 saturated heterocycles. The van der Waals surface area contributed by atoms with Crippen molar-refractivity contribution in [3.05, 3.63) is 28.8 Å². The quantitative estimate of drug-likeness (QED) is 0.725. The molecule has 21 heavy (non-hydrogen) atoms. The van der Waals surface area contributed by atoms with Gasteiger partial charge in [-0.2, -0.15) is 0 Å². The summed E-state index contributed by atoms with van der Waals surface area (Å²) in [5.74, 6) is 0. The second kappa shape index (κ2) is 5.48. The normalized spacial score (nSPS) is 14.3. The summed E-state index contributed by atoms with van der Waals surface area (Å²) in [7, 11) is -2.61. The van der Waals surface area contributed by atoms with Gasteiger partial charge in [-0.15, -0.1) is 0 Å². The molecule has 0 aromatic heterocycles. The van der Waals surface area contributed by atoms with Crippen LogP contribution >= 0.6 is 8.03 Å². The molecule has 0 saturated carbocycles. The van der Waals surface area contributed by atoms with Crippen LogP contribution in [0.25, 0.3) is 0 Å². The van der Waals surface area contributed by atoms with Crippen LogP contribution in [0.1, 0.15) is 79.0 Å². The van der Waals surface area contributed by atoms with E-state index >= 15 is 0 Å². The van der Waals surface area contributed by atoms with Crippen molar-refractivity contribution in [2.45, 2.75) is 78.6 Å². The Bertz CT molecular complexity index is 517. The van der Waals surface area contributed by atoms with Gasteiger partial charge in [0, 0.05) is 11.1 Å². The predicted molar refractivity (Wildman–Crippen MR) is 89.8 cm³/mol. The Morgan fingerprint density at radius 3 is 1.29 bits per heavy atom. The number of hydrogen-bond donors (Lipinski definition) is 0. The van der Waals surface area contributed by atoms with Gasteiger partial charge in [-0.3, -0.25) is 0 Å². The summed E-state index contributed by atoms with van der Waals surface area (Å²) in [6, 6.07) is 4.16. The summed E-state index contributed by atoms with van der Waals surface area (Å²) in [5.41, 5.74) is 2.63. The molecule has 1 atom stereocenters. The summed E-state index contributed by atoms with van der Waals surface area (Å²) >= 11 is 0. The van der Waals surface area contributed by atoms with Crippen molar-refractivity contribution >= 4 is 13.3 Å². The molecule has 0 spiro atoms. The largest absolute Gasteiger partial charge is 0.591 e. The van der Waals surface area contributed by atoms with Gasteiger partial charge in [0.1, 0.15) is 0 Å². The molecule has 1 aromatic carbocycles. The first-order chi connectivity index (χ1) is 9.15. The molecule has 1 aromatic rings. The molecule has 0 N–H and O–H groups in total. The van der Waals surface area contributed by atoms with Gasteiger partial charge in [0.2, 0.25) is 0 Å². The highest BCUT2D eigenvalue weighted by Crippen LogP contribution is 2.36. The fraction of sp³-hybridized carbons (Fsp3) is 0.667. The van der Waals surface area contributed by atoms with Crippen LogP contribution < -0.4 is 10.2 Å². The minimum absolute atomic E-state index is 0.00689. The predicted octanol–water partition coefficient (Wildman–Crippen LogP) is 4.31. The molecule has 3 heteroatoms. The fourth-order valence-electron chi connectivity index (χ4n) is 2.41. The van der Waals surface area contributed by atoms with Crippen molar-refractivity contribution in [1.29, 1.82) is 0 Å². The Balaban J connectivity index is 3.89. The van der Waals surface area contributed by atoms with Gasteiger partial charge in [-0.1, -0.05) is 79.0 Å². The third-order valence-corrected chi connectivity index (χ3v) is 4.62. The lowest BCUT2D eigenvalue weighted by Crippen LogP contribution is -2.32. The molecule has 0 bridgehead atoms. The first-order valence-electron chi connectivity index (χ1n) is 7.49. The van der Waals surface area contributed by atoms with Crippen LogP contribution in [0.15, 0.2) is 12.1 Å². The molecule has 0 aliphatic rings. The van der Waals surface area contributed by atoms with Crippen LogP contribution in [0.5, 0.6) is 0 Å². The first kappa shape index (κ1) is 18.3. The van der Waals surface area contributed by atoms with Gasteiger partial charge >= 0.3 is 8.03 Å². The zero-order chi connectivity index (χ0) is 16.8. The maximum atomic E-state index is 11.9. The molecule has 0 amide bonds. The van der Waals surface area contributed by atoms with E-state index < -0.39 is 8.03 Å².